The van der Waals surface area contributed by atoms with Gasteiger partial charge >= 0.3 is 5.97 Å². The predicted octanol–water partition coefficient (Wildman–Crippen LogP) is 5.73. The molecule has 0 saturated carbocycles. The molecule has 0 bridgehead atoms. The maximum absolute atomic E-state index is 12.4. The third kappa shape index (κ3) is 4.50. The van der Waals surface area contributed by atoms with Gasteiger partial charge in [-0.1, -0.05) is 35.6 Å². The van der Waals surface area contributed by atoms with Crippen LogP contribution in [0, 0.1) is 0 Å². The summed E-state index contributed by atoms with van der Waals surface area (Å²) in [5, 5.41) is 4.94. The van der Waals surface area contributed by atoms with Crippen molar-refractivity contribution in [2.45, 2.75) is 0 Å². The fourth-order valence-electron chi connectivity index (χ4n) is 2.71. The Morgan fingerprint density at radius 1 is 1.10 bits per heavy atom. The number of carbonyl (C=O) groups excluding carboxylic acids is 1. The largest absolute Gasteiger partial charge is 0.493 e. The Morgan fingerprint density at radius 2 is 1.90 bits per heavy atom. The van der Waals surface area contributed by atoms with Crippen molar-refractivity contribution in [3.8, 4) is 11.5 Å². The molecule has 0 saturated heterocycles. The summed E-state index contributed by atoms with van der Waals surface area (Å²) in [7, 11) is 1.52. The van der Waals surface area contributed by atoms with Gasteiger partial charge in [-0.25, -0.2) is 9.78 Å². The first-order valence-electron chi connectivity index (χ1n) is 8.93. The van der Waals surface area contributed by atoms with Crippen LogP contribution in [0.1, 0.15) is 15.9 Å². The number of methoxy groups -OCH3 is 1. The summed E-state index contributed by atoms with van der Waals surface area (Å²) in [4.78, 5) is 16.9. The van der Waals surface area contributed by atoms with Crippen LogP contribution in [0.3, 0.4) is 0 Å². The Morgan fingerprint density at radius 3 is 2.70 bits per heavy atom. The number of esters is 1. The molecule has 0 spiro atoms. The van der Waals surface area contributed by atoms with E-state index in [1.807, 2.05) is 30.3 Å². The SMILES string of the molecule is COc1cc(/C=N\Nc2nc3ccccc3s2)ccc1OC(=O)c1ccccc1Br. The van der Waals surface area contributed by atoms with Crippen LogP contribution in [-0.2, 0) is 0 Å². The third-order valence-electron chi connectivity index (χ3n) is 4.15. The minimum absolute atomic E-state index is 0.328. The van der Waals surface area contributed by atoms with E-state index in [1.165, 1.54) is 18.4 Å². The van der Waals surface area contributed by atoms with Crippen molar-refractivity contribution >= 4 is 54.8 Å². The topological polar surface area (TPSA) is 72.8 Å². The molecule has 30 heavy (non-hydrogen) atoms. The second-order valence-electron chi connectivity index (χ2n) is 6.14. The second-order valence-corrected chi connectivity index (χ2v) is 8.02. The molecule has 0 amide bonds. The first kappa shape index (κ1) is 20.1. The molecule has 0 aliphatic carbocycles. The number of benzene rings is 3. The van der Waals surface area contributed by atoms with E-state index in [9.17, 15) is 4.79 Å². The van der Waals surface area contributed by atoms with Crippen LogP contribution >= 0.6 is 27.3 Å². The summed E-state index contributed by atoms with van der Waals surface area (Å²) in [5.41, 5.74) is 5.08. The van der Waals surface area contributed by atoms with Crippen molar-refractivity contribution in [1.29, 1.82) is 0 Å². The zero-order chi connectivity index (χ0) is 20.9. The van der Waals surface area contributed by atoms with Gasteiger partial charge in [-0.15, -0.1) is 0 Å². The van der Waals surface area contributed by atoms with Crippen molar-refractivity contribution in [1.82, 2.24) is 4.98 Å². The van der Waals surface area contributed by atoms with E-state index in [2.05, 4.69) is 31.4 Å². The van der Waals surface area contributed by atoms with Gasteiger partial charge in [0.25, 0.3) is 0 Å². The van der Waals surface area contributed by atoms with Gasteiger partial charge in [0.1, 0.15) is 0 Å². The molecule has 3 aromatic carbocycles. The summed E-state index contributed by atoms with van der Waals surface area (Å²) in [5.74, 6) is 0.286. The number of hydrogen-bond acceptors (Lipinski definition) is 7. The molecular weight excluding hydrogens is 466 g/mol. The minimum Gasteiger partial charge on any atom is -0.493 e. The molecule has 6 nitrogen and oxygen atoms in total. The second kappa shape index (κ2) is 9.06. The number of aromatic nitrogens is 1. The Kier molecular flexibility index (Phi) is 6.06. The number of rotatable bonds is 6. The van der Waals surface area contributed by atoms with Crippen molar-refractivity contribution in [2.75, 3.05) is 12.5 Å². The molecule has 1 aromatic heterocycles. The average Bonchev–Trinajstić information content (AvgIpc) is 3.17. The molecule has 0 radical (unpaired) electrons. The molecule has 0 atom stereocenters. The highest BCUT2D eigenvalue weighted by Crippen LogP contribution is 2.29. The summed E-state index contributed by atoms with van der Waals surface area (Å²) in [6.45, 7) is 0. The summed E-state index contributed by atoms with van der Waals surface area (Å²) >= 11 is 4.88. The average molecular weight is 482 g/mol. The minimum atomic E-state index is -0.473. The van der Waals surface area contributed by atoms with E-state index >= 15 is 0 Å². The van der Waals surface area contributed by atoms with Gasteiger partial charge in [0.15, 0.2) is 11.5 Å². The van der Waals surface area contributed by atoms with Crippen LogP contribution in [0.4, 0.5) is 5.13 Å². The van der Waals surface area contributed by atoms with Crippen molar-refractivity contribution in [3.05, 3.63) is 82.3 Å². The number of carbonyl (C=O) groups is 1. The molecule has 0 fully saturated rings. The molecule has 1 N–H and O–H groups in total. The zero-order valence-electron chi connectivity index (χ0n) is 15.8. The number of hydrazone groups is 1. The van der Waals surface area contributed by atoms with E-state index < -0.39 is 5.97 Å². The van der Waals surface area contributed by atoms with Crippen molar-refractivity contribution in [2.24, 2.45) is 5.10 Å². The molecule has 0 aliphatic rings. The lowest BCUT2D eigenvalue weighted by molar-refractivity contribution is 0.0729. The highest BCUT2D eigenvalue weighted by atomic mass is 79.9. The smallest absolute Gasteiger partial charge is 0.344 e. The third-order valence-corrected chi connectivity index (χ3v) is 5.78. The van der Waals surface area contributed by atoms with Gasteiger partial charge in [0.2, 0.25) is 5.13 Å². The number of anilines is 1. The lowest BCUT2D eigenvalue weighted by Crippen LogP contribution is -2.10. The fraction of sp³-hybridized carbons (Fsp3) is 0.0455. The van der Waals surface area contributed by atoms with Gasteiger partial charge in [0.05, 0.1) is 29.1 Å². The maximum atomic E-state index is 12.4. The molecule has 1 heterocycles. The number of thiazole rings is 1. The van der Waals surface area contributed by atoms with Gasteiger partial charge in [0, 0.05) is 4.47 Å². The molecule has 0 unspecified atom stereocenters. The Bertz CT molecular complexity index is 1210. The highest BCUT2D eigenvalue weighted by Gasteiger charge is 2.15. The van der Waals surface area contributed by atoms with Crippen LogP contribution in [-0.4, -0.2) is 24.3 Å². The normalized spacial score (nSPS) is 11.0. The van der Waals surface area contributed by atoms with Crippen LogP contribution in [0.15, 0.2) is 76.3 Å². The molecule has 8 heteroatoms. The predicted molar refractivity (Wildman–Crippen MR) is 123 cm³/mol. The molecule has 0 aliphatic heterocycles. The fourth-order valence-corrected chi connectivity index (χ4v) is 3.97. The van der Waals surface area contributed by atoms with Crippen LogP contribution in [0.5, 0.6) is 11.5 Å². The van der Waals surface area contributed by atoms with Gasteiger partial charge in [-0.2, -0.15) is 5.10 Å². The first-order chi connectivity index (χ1) is 14.6. The van der Waals surface area contributed by atoms with Crippen molar-refractivity contribution in [3.63, 3.8) is 0 Å². The van der Waals surface area contributed by atoms with Crippen molar-refractivity contribution < 1.29 is 14.3 Å². The number of fused-ring (bicyclic) bond motifs is 1. The Labute approximate surface area is 185 Å². The number of halogens is 1. The van der Waals surface area contributed by atoms with Crippen LogP contribution in [0.2, 0.25) is 0 Å². The number of para-hydroxylation sites is 1. The molecule has 150 valence electrons. The number of hydrogen-bond donors (Lipinski definition) is 1. The number of nitrogens with zero attached hydrogens (tertiary/aromatic N) is 2. The van der Waals surface area contributed by atoms with E-state index in [0.717, 1.165) is 15.8 Å². The zero-order valence-corrected chi connectivity index (χ0v) is 18.2. The lowest BCUT2D eigenvalue weighted by Gasteiger charge is -2.10. The van der Waals surface area contributed by atoms with Crippen LogP contribution < -0.4 is 14.9 Å². The van der Waals surface area contributed by atoms with E-state index in [0.29, 0.717) is 26.7 Å². The standard InChI is InChI=1S/C22H16BrN3O3S/c1-28-19-12-14(13-24-26-22-25-17-8-4-5-9-20(17)30-22)10-11-18(19)29-21(27)15-6-2-3-7-16(15)23/h2-13H,1H3,(H,25,26)/b24-13-. The van der Waals surface area contributed by atoms with Gasteiger partial charge in [-0.05, 0) is 64.0 Å². The maximum Gasteiger partial charge on any atom is 0.344 e. The summed E-state index contributed by atoms with van der Waals surface area (Å²) in [6, 6.07) is 20.2. The number of nitrogens with one attached hydrogen (secondary N) is 1. The summed E-state index contributed by atoms with van der Waals surface area (Å²) in [6.07, 6.45) is 1.65. The van der Waals surface area contributed by atoms with Gasteiger partial charge in [-0.3, -0.25) is 5.43 Å². The lowest BCUT2D eigenvalue weighted by atomic mass is 10.2. The quantitative estimate of drug-likeness (QED) is 0.164. The first-order valence-corrected chi connectivity index (χ1v) is 10.5. The highest BCUT2D eigenvalue weighted by molar-refractivity contribution is 9.10. The van der Waals surface area contributed by atoms with E-state index in [1.54, 1.807) is 42.6 Å². The molecule has 4 aromatic rings. The summed E-state index contributed by atoms with van der Waals surface area (Å²) < 4.78 is 12.6. The van der Waals surface area contributed by atoms with E-state index in [-0.39, 0.29) is 0 Å². The van der Waals surface area contributed by atoms with Crippen LogP contribution in [0.25, 0.3) is 10.2 Å². The monoisotopic (exact) mass is 481 g/mol. The van der Waals surface area contributed by atoms with Gasteiger partial charge < -0.3 is 9.47 Å². The van der Waals surface area contributed by atoms with E-state index in [4.69, 9.17) is 9.47 Å². The molecular formula is C22H16BrN3O3S. The Balaban J connectivity index is 1.47. The molecule has 4 rings (SSSR count). The number of ether oxygens (including phenoxy) is 2. The Hall–Kier alpha value is -3.23.